The average molecular weight is 445 g/mol. The Kier molecular flexibility index (Phi) is 6.01. The Balaban J connectivity index is 1.35. The second-order valence-electron chi connectivity index (χ2n) is 6.65. The van der Waals surface area contributed by atoms with Crippen molar-refractivity contribution in [1.82, 2.24) is 30.5 Å². The lowest BCUT2D eigenvalue weighted by Gasteiger charge is -2.11. The van der Waals surface area contributed by atoms with Gasteiger partial charge in [0, 0.05) is 28.7 Å². The molecule has 0 bridgehead atoms. The van der Waals surface area contributed by atoms with Gasteiger partial charge >= 0.3 is 0 Å². The van der Waals surface area contributed by atoms with Crippen molar-refractivity contribution in [3.63, 3.8) is 0 Å². The third-order valence-electron chi connectivity index (χ3n) is 4.59. The lowest BCUT2D eigenvalue weighted by molar-refractivity contribution is -0.120. The molecule has 2 heterocycles. The number of hydrogen-bond acceptors (Lipinski definition) is 5. The van der Waals surface area contributed by atoms with Gasteiger partial charge in [0.2, 0.25) is 11.1 Å². The molecule has 0 aliphatic carbocycles. The number of tetrazole rings is 1. The first-order valence-electron chi connectivity index (χ1n) is 9.25. The van der Waals surface area contributed by atoms with E-state index in [9.17, 15) is 9.18 Å². The minimum atomic E-state index is -0.400. The number of H-pyrrole nitrogens is 1. The van der Waals surface area contributed by atoms with Crippen LogP contribution in [0.15, 0.2) is 53.8 Å². The van der Waals surface area contributed by atoms with Gasteiger partial charge in [-0.3, -0.25) is 4.79 Å². The van der Waals surface area contributed by atoms with Crippen molar-refractivity contribution in [1.29, 1.82) is 0 Å². The van der Waals surface area contributed by atoms with Gasteiger partial charge in [0.1, 0.15) is 5.82 Å². The number of thioether (sulfide) groups is 1. The van der Waals surface area contributed by atoms with E-state index >= 15 is 0 Å². The van der Waals surface area contributed by atoms with Crippen molar-refractivity contribution < 1.29 is 9.18 Å². The molecule has 0 spiro atoms. The summed E-state index contributed by atoms with van der Waals surface area (Å²) in [7, 11) is 0. The van der Waals surface area contributed by atoms with Crippen molar-refractivity contribution in [3.8, 4) is 5.69 Å². The molecule has 7 nitrogen and oxygen atoms in total. The maximum Gasteiger partial charge on any atom is 0.233 e. The van der Waals surface area contributed by atoms with E-state index in [1.807, 2.05) is 6.20 Å². The zero-order valence-electron chi connectivity index (χ0n) is 16.0. The molecule has 10 heteroatoms. The van der Waals surface area contributed by atoms with Crippen molar-refractivity contribution in [2.24, 2.45) is 0 Å². The van der Waals surface area contributed by atoms with Gasteiger partial charge in [0.15, 0.2) is 0 Å². The number of benzene rings is 2. The van der Waals surface area contributed by atoms with Gasteiger partial charge in [-0.1, -0.05) is 23.4 Å². The highest BCUT2D eigenvalue weighted by atomic mass is 35.5. The number of fused-ring (bicyclic) bond motifs is 1. The molecule has 0 saturated heterocycles. The highest BCUT2D eigenvalue weighted by Crippen LogP contribution is 2.24. The Bertz CT molecular complexity index is 1180. The van der Waals surface area contributed by atoms with Crippen LogP contribution in [0.5, 0.6) is 0 Å². The number of carbonyl (C=O) groups excluding carboxylic acids is 1. The lowest BCUT2D eigenvalue weighted by atomic mass is 10.1. The van der Waals surface area contributed by atoms with Gasteiger partial charge in [0.05, 0.1) is 10.9 Å². The number of halogens is 2. The fourth-order valence-corrected chi connectivity index (χ4v) is 3.99. The summed E-state index contributed by atoms with van der Waals surface area (Å²) in [4.78, 5) is 15.6. The number of nitrogens with one attached hydrogen (secondary N) is 2. The van der Waals surface area contributed by atoms with E-state index in [-0.39, 0.29) is 11.7 Å². The van der Waals surface area contributed by atoms with E-state index in [1.54, 1.807) is 41.9 Å². The highest BCUT2D eigenvalue weighted by molar-refractivity contribution is 8.00. The van der Waals surface area contributed by atoms with Crippen LogP contribution in [0, 0.1) is 5.82 Å². The molecule has 2 aromatic carbocycles. The number of rotatable bonds is 7. The smallest absolute Gasteiger partial charge is 0.233 e. The fraction of sp³-hybridized carbons (Fsp3) is 0.200. The SMILES string of the molecule is CC(Sc1nnnn1-c1ccc(Cl)cc1)C(=O)NCCc1c[nH]c2ccc(F)cc12. The van der Waals surface area contributed by atoms with E-state index in [2.05, 4.69) is 25.8 Å². The quantitative estimate of drug-likeness (QED) is 0.423. The molecule has 0 aliphatic heterocycles. The lowest BCUT2D eigenvalue weighted by Crippen LogP contribution is -2.32. The molecule has 4 aromatic rings. The minimum absolute atomic E-state index is 0.128. The van der Waals surface area contributed by atoms with Crippen LogP contribution in [0.4, 0.5) is 4.39 Å². The molecule has 1 atom stereocenters. The second-order valence-corrected chi connectivity index (χ2v) is 8.40. The van der Waals surface area contributed by atoms with Gasteiger partial charge in [-0.2, -0.15) is 4.68 Å². The summed E-state index contributed by atoms with van der Waals surface area (Å²) >= 11 is 7.19. The first-order valence-corrected chi connectivity index (χ1v) is 10.5. The molecule has 4 rings (SSSR count). The molecule has 2 aromatic heterocycles. The first kappa shape index (κ1) is 20.4. The first-order chi connectivity index (χ1) is 14.5. The Labute approximate surface area is 181 Å². The third-order valence-corrected chi connectivity index (χ3v) is 5.87. The van der Waals surface area contributed by atoms with Crippen molar-refractivity contribution in [3.05, 3.63) is 65.1 Å². The van der Waals surface area contributed by atoms with Gasteiger partial charge in [-0.05, 0) is 71.8 Å². The van der Waals surface area contributed by atoms with E-state index in [0.29, 0.717) is 23.1 Å². The topological polar surface area (TPSA) is 88.5 Å². The highest BCUT2D eigenvalue weighted by Gasteiger charge is 2.19. The summed E-state index contributed by atoms with van der Waals surface area (Å²) < 4.78 is 15.1. The Hall–Kier alpha value is -2.91. The molecular formula is C20H18ClFN6OS. The molecular weight excluding hydrogens is 427 g/mol. The number of nitrogens with zero attached hydrogens (tertiary/aromatic N) is 4. The van der Waals surface area contributed by atoms with Crippen LogP contribution in [0.25, 0.3) is 16.6 Å². The molecule has 0 saturated carbocycles. The van der Waals surface area contributed by atoms with E-state index in [4.69, 9.17) is 11.6 Å². The molecule has 154 valence electrons. The number of amides is 1. The summed E-state index contributed by atoms with van der Waals surface area (Å²) in [5.41, 5.74) is 2.58. The number of aromatic amines is 1. The van der Waals surface area contributed by atoms with Crippen molar-refractivity contribution in [2.75, 3.05) is 6.54 Å². The predicted octanol–water partition coefficient (Wildman–Crippen LogP) is 3.78. The summed E-state index contributed by atoms with van der Waals surface area (Å²) in [5.74, 6) is -0.410. The van der Waals surface area contributed by atoms with Gasteiger partial charge < -0.3 is 10.3 Å². The van der Waals surface area contributed by atoms with Crippen LogP contribution < -0.4 is 5.32 Å². The zero-order valence-corrected chi connectivity index (χ0v) is 17.5. The zero-order chi connectivity index (χ0) is 21.1. The maximum atomic E-state index is 13.5. The van der Waals surface area contributed by atoms with E-state index in [0.717, 1.165) is 22.2 Å². The monoisotopic (exact) mass is 444 g/mol. The second kappa shape index (κ2) is 8.85. The number of aromatic nitrogens is 5. The third kappa shape index (κ3) is 4.47. The van der Waals surface area contributed by atoms with Gasteiger partial charge in [-0.15, -0.1) is 5.10 Å². The minimum Gasteiger partial charge on any atom is -0.361 e. The van der Waals surface area contributed by atoms with Gasteiger partial charge in [-0.25, -0.2) is 4.39 Å². The average Bonchev–Trinajstić information content (AvgIpc) is 3.35. The molecule has 0 radical (unpaired) electrons. The summed E-state index contributed by atoms with van der Waals surface area (Å²) in [6.07, 6.45) is 2.43. The standard InChI is InChI=1S/C20H18ClFN6OS/c1-12(30-20-25-26-27-28(20)16-5-2-14(21)3-6-16)19(29)23-9-8-13-11-24-18-7-4-15(22)10-17(13)18/h2-7,10-12,24H,8-9H2,1H3,(H,23,29). The van der Waals surface area contributed by atoms with Crippen LogP contribution in [0.1, 0.15) is 12.5 Å². The molecule has 1 unspecified atom stereocenters. The number of carbonyl (C=O) groups is 1. The van der Waals surface area contributed by atoms with Crippen LogP contribution >= 0.6 is 23.4 Å². The largest absolute Gasteiger partial charge is 0.361 e. The molecule has 0 fully saturated rings. The summed E-state index contributed by atoms with van der Waals surface area (Å²) in [5, 5.41) is 16.2. The Morgan fingerprint density at radius 3 is 2.90 bits per heavy atom. The van der Waals surface area contributed by atoms with Gasteiger partial charge in [0.25, 0.3) is 0 Å². The predicted molar refractivity (Wildman–Crippen MR) is 114 cm³/mol. The van der Waals surface area contributed by atoms with Crippen LogP contribution in [0.3, 0.4) is 0 Å². The molecule has 0 aliphatic rings. The van der Waals surface area contributed by atoms with E-state index < -0.39 is 5.25 Å². The Morgan fingerprint density at radius 1 is 1.30 bits per heavy atom. The molecule has 2 N–H and O–H groups in total. The number of hydrogen-bond donors (Lipinski definition) is 2. The van der Waals surface area contributed by atoms with Crippen LogP contribution in [-0.2, 0) is 11.2 Å². The molecule has 1 amide bonds. The van der Waals surface area contributed by atoms with Crippen molar-refractivity contribution >= 4 is 40.2 Å². The van der Waals surface area contributed by atoms with Crippen LogP contribution in [-0.4, -0.2) is 42.9 Å². The normalized spacial score (nSPS) is 12.2. The Morgan fingerprint density at radius 2 is 2.10 bits per heavy atom. The van der Waals surface area contributed by atoms with E-state index in [1.165, 1.54) is 23.9 Å². The van der Waals surface area contributed by atoms with Crippen molar-refractivity contribution in [2.45, 2.75) is 23.8 Å². The fourth-order valence-electron chi connectivity index (χ4n) is 3.03. The molecule has 30 heavy (non-hydrogen) atoms. The maximum absolute atomic E-state index is 13.5. The summed E-state index contributed by atoms with van der Waals surface area (Å²) in [6.45, 7) is 2.23. The van der Waals surface area contributed by atoms with Crippen LogP contribution in [0.2, 0.25) is 5.02 Å². The summed E-state index contributed by atoms with van der Waals surface area (Å²) in [6, 6.07) is 11.7.